The van der Waals surface area contributed by atoms with Crippen LogP contribution in [0.5, 0.6) is 0 Å². The molecule has 1 aromatic carbocycles. The van der Waals surface area contributed by atoms with Gasteiger partial charge in [0.25, 0.3) is 0 Å². The molecule has 1 heterocycles. The minimum Gasteiger partial charge on any atom is -0.387 e. The third kappa shape index (κ3) is 3.75. The van der Waals surface area contributed by atoms with Crippen molar-refractivity contribution in [3.05, 3.63) is 35.4 Å². The first-order chi connectivity index (χ1) is 9.47. The molecule has 1 aliphatic rings. The van der Waals surface area contributed by atoms with Gasteiger partial charge in [-0.2, -0.15) is 0 Å². The van der Waals surface area contributed by atoms with Gasteiger partial charge in [-0.3, -0.25) is 0 Å². The Labute approximate surface area is 118 Å². The number of nitrogens with one attached hydrogen (secondary N) is 1. The maximum absolute atomic E-state index is 13.1. The van der Waals surface area contributed by atoms with Gasteiger partial charge >= 0.3 is 0 Å². The van der Waals surface area contributed by atoms with Gasteiger partial charge in [-0.05, 0) is 43.6 Å². The minimum atomic E-state index is -0.922. The SMILES string of the molecule is CC1CN(C)CCC1NCC(O)c1ccc(F)c(F)c1. The zero-order chi connectivity index (χ0) is 14.7. The number of likely N-dealkylation sites (tertiary alicyclic amines) is 1. The Hall–Kier alpha value is -1.04. The lowest BCUT2D eigenvalue weighted by molar-refractivity contribution is 0.137. The van der Waals surface area contributed by atoms with Gasteiger partial charge in [0.05, 0.1) is 6.10 Å². The molecule has 3 atom stereocenters. The molecule has 5 heteroatoms. The summed E-state index contributed by atoms with van der Waals surface area (Å²) >= 11 is 0. The monoisotopic (exact) mass is 284 g/mol. The summed E-state index contributed by atoms with van der Waals surface area (Å²) in [5.41, 5.74) is 0.400. The van der Waals surface area contributed by atoms with Crippen LogP contribution in [0, 0.1) is 17.6 Å². The fraction of sp³-hybridized carbons (Fsp3) is 0.600. The second-order valence-electron chi connectivity index (χ2n) is 5.73. The Morgan fingerprint density at radius 2 is 2.15 bits per heavy atom. The number of rotatable bonds is 4. The first-order valence-corrected chi connectivity index (χ1v) is 7.02. The smallest absolute Gasteiger partial charge is 0.159 e. The summed E-state index contributed by atoms with van der Waals surface area (Å²) in [7, 11) is 2.10. The third-order valence-electron chi connectivity index (χ3n) is 4.01. The highest BCUT2D eigenvalue weighted by atomic mass is 19.2. The van der Waals surface area contributed by atoms with Crippen LogP contribution in [0.25, 0.3) is 0 Å². The van der Waals surface area contributed by atoms with Crippen molar-refractivity contribution in [2.75, 3.05) is 26.7 Å². The summed E-state index contributed by atoms with van der Waals surface area (Å²) in [5.74, 6) is -1.31. The van der Waals surface area contributed by atoms with Gasteiger partial charge in [-0.1, -0.05) is 13.0 Å². The Morgan fingerprint density at radius 3 is 2.80 bits per heavy atom. The van der Waals surface area contributed by atoms with Crippen molar-refractivity contribution >= 4 is 0 Å². The molecule has 0 radical (unpaired) electrons. The molecule has 1 saturated heterocycles. The quantitative estimate of drug-likeness (QED) is 0.887. The Bertz CT molecular complexity index is 455. The van der Waals surface area contributed by atoms with Gasteiger partial charge in [0, 0.05) is 19.1 Å². The predicted octanol–water partition coefficient (Wildman–Crippen LogP) is 1.93. The molecule has 0 amide bonds. The first kappa shape index (κ1) is 15.4. The van der Waals surface area contributed by atoms with Crippen LogP contribution in [0.2, 0.25) is 0 Å². The number of aliphatic hydroxyl groups excluding tert-OH is 1. The third-order valence-corrected chi connectivity index (χ3v) is 4.01. The maximum atomic E-state index is 13.1. The predicted molar refractivity (Wildman–Crippen MR) is 74.4 cm³/mol. The molecule has 2 N–H and O–H groups in total. The second kappa shape index (κ2) is 6.61. The van der Waals surface area contributed by atoms with Crippen LogP contribution in [-0.2, 0) is 0 Å². The van der Waals surface area contributed by atoms with Gasteiger partial charge in [-0.25, -0.2) is 8.78 Å². The van der Waals surface area contributed by atoms with Crippen molar-refractivity contribution in [1.82, 2.24) is 10.2 Å². The van der Waals surface area contributed by atoms with Crippen LogP contribution in [0.3, 0.4) is 0 Å². The van der Waals surface area contributed by atoms with Crippen molar-refractivity contribution in [1.29, 1.82) is 0 Å². The molecular formula is C15H22F2N2O. The number of halogens is 2. The molecule has 1 aromatic rings. The van der Waals surface area contributed by atoms with Crippen molar-refractivity contribution in [3.8, 4) is 0 Å². The Balaban J connectivity index is 1.88. The van der Waals surface area contributed by atoms with E-state index in [9.17, 15) is 13.9 Å². The molecule has 0 saturated carbocycles. The zero-order valence-electron chi connectivity index (χ0n) is 11.9. The number of benzene rings is 1. The van der Waals surface area contributed by atoms with E-state index in [1.54, 1.807) is 0 Å². The van der Waals surface area contributed by atoms with E-state index in [0.717, 1.165) is 31.6 Å². The van der Waals surface area contributed by atoms with E-state index < -0.39 is 17.7 Å². The molecule has 1 fully saturated rings. The molecule has 2 rings (SSSR count). The van der Waals surface area contributed by atoms with Gasteiger partial charge in [0.1, 0.15) is 0 Å². The maximum Gasteiger partial charge on any atom is 0.159 e. The lowest BCUT2D eigenvalue weighted by atomic mass is 9.94. The van der Waals surface area contributed by atoms with E-state index in [-0.39, 0.29) is 0 Å². The van der Waals surface area contributed by atoms with E-state index in [1.807, 2.05) is 0 Å². The molecule has 0 aromatic heterocycles. The summed E-state index contributed by atoms with van der Waals surface area (Å²) in [6.45, 7) is 4.59. The summed E-state index contributed by atoms with van der Waals surface area (Å²) in [4.78, 5) is 2.29. The van der Waals surface area contributed by atoms with E-state index in [1.165, 1.54) is 6.07 Å². The summed E-state index contributed by atoms with van der Waals surface area (Å²) in [5, 5.41) is 13.4. The average Bonchev–Trinajstić information content (AvgIpc) is 2.40. The van der Waals surface area contributed by atoms with E-state index in [0.29, 0.717) is 24.1 Å². The molecule has 112 valence electrons. The summed E-state index contributed by atoms with van der Waals surface area (Å²) < 4.78 is 26.0. The summed E-state index contributed by atoms with van der Waals surface area (Å²) in [6, 6.07) is 3.88. The van der Waals surface area contributed by atoms with Gasteiger partial charge < -0.3 is 15.3 Å². The zero-order valence-corrected chi connectivity index (χ0v) is 11.9. The van der Waals surface area contributed by atoms with E-state index in [2.05, 4.69) is 24.2 Å². The molecule has 1 aliphatic heterocycles. The molecule has 0 aliphatic carbocycles. The largest absolute Gasteiger partial charge is 0.387 e. The standard InChI is InChI=1S/C15H22F2N2O/c1-10-9-19(2)6-5-14(10)18-8-15(20)11-3-4-12(16)13(17)7-11/h3-4,7,10,14-15,18,20H,5-6,8-9H2,1-2H3. The molecule has 0 spiro atoms. The van der Waals surface area contributed by atoms with Crippen LogP contribution >= 0.6 is 0 Å². The average molecular weight is 284 g/mol. The highest BCUT2D eigenvalue weighted by Crippen LogP contribution is 2.18. The number of hydrogen-bond acceptors (Lipinski definition) is 3. The van der Waals surface area contributed by atoms with E-state index >= 15 is 0 Å². The van der Waals surface area contributed by atoms with Crippen LogP contribution < -0.4 is 5.32 Å². The van der Waals surface area contributed by atoms with Crippen molar-refractivity contribution in [3.63, 3.8) is 0 Å². The Morgan fingerprint density at radius 1 is 1.40 bits per heavy atom. The lowest BCUT2D eigenvalue weighted by Gasteiger charge is -2.35. The van der Waals surface area contributed by atoms with Crippen LogP contribution in [0.4, 0.5) is 8.78 Å². The van der Waals surface area contributed by atoms with Crippen molar-refractivity contribution in [2.24, 2.45) is 5.92 Å². The Kier molecular flexibility index (Phi) is 5.07. The topological polar surface area (TPSA) is 35.5 Å². The molecule has 3 nitrogen and oxygen atoms in total. The molecule has 0 bridgehead atoms. The molecule has 3 unspecified atom stereocenters. The van der Waals surface area contributed by atoms with Gasteiger partial charge in [0.15, 0.2) is 11.6 Å². The first-order valence-electron chi connectivity index (χ1n) is 7.02. The fourth-order valence-corrected chi connectivity index (χ4v) is 2.76. The number of nitrogens with zero attached hydrogens (tertiary/aromatic N) is 1. The summed E-state index contributed by atoms with van der Waals surface area (Å²) in [6.07, 6.45) is 0.208. The van der Waals surface area contributed by atoms with Crippen molar-refractivity contribution < 1.29 is 13.9 Å². The van der Waals surface area contributed by atoms with Crippen LogP contribution in [0.1, 0.15) is 25.0 Å². The normalized spacial score (nSPS) is 25.6. The lowest BCUT2D eigenvalue weighted by Crippen LogP contribution is -2.47. The number of hydrogen-bond donors (Lipinski definition) is 2. The van der Waals surface area contributed by atoms with Crippen LogP contribution in [0.15, 0.2) is 18.2 Å². The molecule has 20 heavy (non-hydrogen) atoms. The van der Waals surface area contributed by atoms with Crippen LogP contribution in [-0.4, -0.2) is 42.7 Å². The highest BCUT2D eigenvalue weighted by molar-refractivity contribution is 5.20. The van der Waals surface area contributed by atoms with Crippen molar-refractivity contribution in [2.45, 2.75) is 25.5 Å². The minimum absolute atomic E-state index is 0.351. The van der Waals surface area contributed by atoms with Gasteiger partial charge in [0.2, 0.25) is 0 Å². The number of aliphatic hydroxyl groups is 1. The van der Waals surface area contributed by atoms with Gasteiger partial charge in [-0.15, -0.1) is 0 Å². The highest BCUT2D eigenvalue weighted by Gasteiger charge is 2.24. The second-order valence-corrected chi connectivity index (χ2v) is 5.73. The fourth-order valence-electron chi connectivity index (χ4n) is 2.76. The van der Waals surface area contributed by atoms with E-state index in [4.69, 9.17) is 0 Å². The number of piperidine rings is 1. The molecular weight excluding hydrogens is 262 g/mol.